The maximum Gasteiger partial charge on any atom is 0.255 e. The summed E-state index contributed by atoms with van der Waals surface area (Å²) in [6, 6.07) is 4.88. The van der Waals surface area contributed by atoms with Crippen molar-refractivity contribution in [3.8, 4) is 12.3 Å². The molecular formula is C12H11Cl2NO. The molecule has 16 heavy (non-hydrogen) atoms. The van der Waals surface area contributed by atoms with Crippen molar-refractivity contribution in [2.45, 2.75) is 19.4 Å². The maximum absolute atomic E-state index is 11.9. The number of hydrogen-bond donors (Lipinski definition) is 1. The first-order valence-electron chi connectivity index (χ1n) is 4.61. The highest BCUT2D eigenvalue weighted by Gasteiger charge is 2.21. The van der Waals surface area contributed by atoms with Crippen molar-refractivity contribution in [1.29, 1.82) is 0 Å². The van der Waals surface area contributed by atoms with Gasteiger partial charge in [-0.15, -0.1) is 6.42 Å². The smallest absolute Gasteiger partial charge is 0.255 e. The molecular weight excluding hydrogens is 245 g/mol. The number of amides is 1. The van der Waals surface area contributed by atoms with Crippen molar-refractivity contribution in [2.75, 3.05) is 0 Å². The van der Waals surface area contributed by atoms with Crippen LogP contribution in [0.25, 0.3) is 0 Å². The summed E-state index contributed by atoms with van der Waals surface area (Å²) >= 11 is 11.8. The van der Waals surface area contributed by atoms with Crippen LogP contribution in [0, 0.1) is 12.3 Å². The number of benzene rings is 1. The van der Waals surface area contributed by atoms with E-state index in [9.17, 15) is 4.79 Å². The van der Waals surface area contributed by atoms with Gasteiger partial charge in [0.25, 0.3) is 5.91 Å². The van der Waals surface area contributed by atoms with Gasteiger partial charge in [-0.05, 0) is 26.0 Å². The van der Waals surface area contributed by atoms with Gasteiger partial charge in [-0.2, -0.15) is 0 Å². The van der Waals surface area contributed by atoms with Crippen molar-refractivity contribution >= 4 is 29.1 Å². The van der Waals surface area contributed by atoms with Crippen molar-refractivity contribution in [1.82, 2.24) is 5.32 Å². The van der Waals surface area contributed by atoms with Gasteiger partial charge in [0.1, 0.15) is 0 Å². The summed E-state index contributed by atoms with van der Waals surface area (Å²) in [5.41, 5.74) is -0.492. The summed E-state index contributed by atoms with van der Waals surface area (Å²) in [5.74, 6) is 2.09. The molecule has 1 N–H and O–H groups in total. The Morgan fingerprint density at radius 3 is 2.31 bits per heavy atom. The number of carbonyl (C=O) groups excluding carboxylic acids is 1. The van der Waals surface area contributed by atoms with Crippen LogP contribution in [0.1, 0.15) is 24.2 Å². The topological polar surface area (TPSA) is 29.1 Å². The molecule has 0 bridgehead atoms. The summed E-state index contributed by atoms with van der Waals surface area (Å²) in [6.07, 6.45) is 5.28. The van der Waals surface area contributed by atoms with Crippen LogP contribution in [0.2, 0.25) is 10.0 Å². The summed E-state index contributed by atoms with van der Waals surface area (Å²) in [5, 5.41) is 3.27. The maximum atomic E-state index is 11.9. The molecule has 0 aliphatic carbocycles. The minimum Gasteiger partial charge on any atom is -0.336 e. The lowest BCUT2D eigenvalue weighted by molar-refractivity contribution is 0.0930. The molecule has 0 aliphatic rings. The fraction of sp³-hybridized carbons (Fsp3) is 0.250. The zero-order valence-electron chi connectivity index (χ0n) is 8.97. The second-order valence-electron chi connectivity index (χ2n) is 3.82. The monoisotopic (exact) mass is 255 g/mol. The molecule has 0 radical (unpaired) electrons. The van der Waals surface area contributed by atoms with Gasteiger partial charge in [-0.25, -0.2) is 0 Å². The first-order valence-corrected chi connectivity index (χ1v) is 5.37. The average Bonchev–Trinajstić information content (AvgIpc) is 2.16. The zero-order chi connectivity index (χ0) is 12.3. The molecule has 4 heteroatoms. The third-order valence-electron chi connectivity index (χ3n) is 1.98. The van der Waals surface area contributed by atoms with Gasteiger partial charge in [-0.1, -0.05) is 35.2 Å². The first kappa shape index (κ1) is 12.9. The summed E-state index contributed by atoms with van der Waals surface area (Å²) < 4.78 is 0. The number of hydrogen-bond acceptors (Lipinski definition) is 1. The van der Waals surface area contributed by atoms with E-state index in [1.807, 2.05) is 0 Å². The Bertz CT molecular complexity index is 440. The molecule has 0 heterocycles. The van der Waals surface area contributed by atoms with Crippen molar-refractivity contribution < 1.29 is 4.79 Å². The summed E-state index contributed by atoms with van der Waals surface area (Å²) in [6.45, 7) is 3.44. The van der Waals surface area contributed by atoms with Crippen molar-refractivity contribution in [2.24, 2.45) is 0 Å². The Balaban J connectivity index is 3.04. The van der Waals surface area contributed by atoms with Crippen LogP contribution in [0.5, 0.6) is 0 Å². The molecule has 0 atom stereocenters. The van der Waals surface area contributed by atoms with Crippen LogP contribution in [-0.2, 0) is 0 Å². The molecule has 0 fully saturated rings. The zero-order valence-corrected chi connectivity index (χ0v) is 10.5. The second kappa shape index (κ2) is 4.78. The van der Waals surface area contributed by atoms with Crippen molar-refractivity contribution in [3.63, 3.8) is 0 Å². The van der Waals surface area contributed by atoms with Crippen LogP contribution in [-0.4, -0.2) is 11.4 Å². The van der Waals surface area contributed by atoms with Gasteiger partial charge in [-0.3, -0.25) is 4.79 Å². The van der Waals surface area contributed by atoms with Crippen molar-refractivity contribution in [3.05, 3.63) is 33.8 Å². The summed E-state index contributed by atoms with van der Waals surface area (Å²) in [4.78, 5) is 11.9. The van der Waals surface area contributed by atoms with E-state index in [0.29, 0.717) is 10.0 Å². The molecule has 0 unspecified atom stereocenters. The lowest BCUT2D eigenvalue weighted by Crippen LogP contribution is -2.42. The molecule has 0 saturated carbocycles. The van der Waals surface area contributed by atoms with E-state index in [1.165, 1.54) is 0 Å². The number of terminal acetylenes is 1. The second-order valence-corrected chi connectivity index (χ2v) is 4.63. The predicted octanol–water partition coefficient (Wildman–Crippen LogP) is 3.14. The highest BCUT2D eigenvalue weighted by atomic mass is 35.5. The van der Waals surface area contributed by atoms with Crippen LogP contribution in [0.4, 0.5) is 0 Å². The van der Waals surface area contributed by atoms with Gasteiger partial charge in [0.15, 0.2) is 0 Å². The molecule has 0 aliphatic heterocycles. The molecule has 1 aromatic rings. The van der Waals surface area contributed by atoms with Crippen LogP contribution < -0.4 is 5.32 Å². The number of halogens is 2. The van der Waals surface area contributed by atoms with E-state index < -0.39 is 5.54 Å². The third-order valence-corrected chi connectivity index (χ3v) is 2.61. The molecule has 0 aromatic heterocycles. The standard InChI is InChI=1S/C12H11Cl2NO/c1-4-12(2,3)15-11(16)10-8(13)6-5-7-9(10)14/h1,5-7H,2-3H3,(H,15,16). The highest BCUT2D eigenvalue weighted by Crippen LogP contribution is 2.24. The normalized spacial score (nSPS) is 10.7. The lowest BCUT2D eigenvalue weighted by atomic mass is 10.1. The molecule has 0 spiro atoms. The molecule has 1 amide bonds. The van der Waals surface area contributed by atoms with Gasteiger partial charge >= 0.3 is 0 Å². The Morgan fingerprint density at radius 2 is 1.88 bits per heavy atom. The van der Waals surface area contributed by atoms with Gasteiger partial charge in [0.05, 0.1) is 21.1 Å². The fourth-order valence-corrected chi connectivity index (χ4v) is 1.67. The van der Waals surface area contributed by atoms with E-state index in [2.05, 4.69) is 11.2 Å². The van der Waals surface area contributed by atoms with Gasteiger partial charge in [0, 0.05) is 0 Å². The molecule has 2 nitrogen and oxygen atoms in total. The van der Waals surface area contributed by atoms with Gasteiger partial charge < -0.3 is 5.32 Å². The number of nitrogens with one attached hydrogen (secondary N) is 1. The van der Waals surface area contributed by atoms with E-state index in [4.69, 9.17) is 29.6 Å². The molecule has 84 valence electrons. The fourth-order valence-electron chi connectivity index (χ4n) is 1.10. The summed E-state index contributed by atoms with van der Waals surface area (Å²) in [7, 11) is 0. The number of rotatable bonds is 2. The largest absolute Gasteiger partial charge is 0.336 e. The Hall–Kier alpha value is -1.17. The SMILES string of the molecule is C#CC(C)(C)NC(=O)c1c(Cl)cccc1Cl. The van der Waals surface area contributed by atoms with E-state index >= 15 is 0 Å². The van der Waals surface area contributed by atoms with E-state index in [1.54, 1.807) is 32.0 Å². The first-order chi connectivity index (χ1) is 7.37. The quantitative estimate of drug-likeness (QED) is 0.809. The minimum absolute atomic E-state index is 0.245. The highest BCUT2D eigenvalue weighted by molar-refractivity contribution is 6.39. The molecule has 1 rings (SSSR count). The third kappa shape index (κ3) is 2.91. The lowest BCUT2D eigenvalue weighted by Gasteiger charge is -2.20. The number of carbonyl (C=O) groups is 1. The van der Waals surface area contributed by atoms with Crippen LogP contribution in [0.15, 0.2) is 18.2 Å². The Labute approximate surface area is 105 Å². The van der Waals surface area contributed by atoms with Crippen LogP contribution in [0.3, 0.4) is 0 Å². The Morgan fingerprint density at radius 1 is 1.38 bits per heavy atom. The minimum atomic E-state index is -0.737. The Kier molecular flexibility index (Phi) is 3.85. The predicted molar refractivity (Wildman–Crippen MR) is 66.8 cm³/mol. The molecule has 1 aromatic carbocycles. The molecule has 0 saturated heterocycles. The van der Waals surface area contributed by atoms with Crippen LogP contribution >= 0.6 is 23.2 Å². The average molecular weight is 256 g/mol. The van der Waals surface area contributed by atoms with E-state index in [0.717, 1.165) is 0 Å². The van der Waals surface area contributed by atoms with Gasteiger partial charge in [0.2, 0.25) is 0 Å². The van der Waals surface area contributed by atoms with E-state index in [-0.39, 0.29) is 11.5 Å².